The quantitative estimate of drug-likeness (QED) is 0.716. The molecule has 120 valence electrons. The largest absolute Gasteiger partial charge is 0.382 e. The second-order valence-electron chi connectivity index (χ2n) is 5.52. The van der Waals surface area contributed by atoms with Crippen LogP contribution in [0.3, 0.4) is 0 Å². The molecule has 24 heavy (non-hydrogen) atoms. The fraction of sp³-hybridized carbons (Fsp3) is 0.111. The summed E-state index contributed by atoms with van der Waals surface area (Å²) in [5.41, 5.74) is 10.9. The Morgan fingerprint density at radius 1 is 1.46 bits per heavy atom. The van der Waals surface area contributed by atoms with Crippen molar-refractivity contribution in [3.63, 3.8) is 0 Å². The molecule has 0 spiro atoms. The van der Waals surface area contributed by atoms with E-state index in [1.165, 1.54) is 4.91 Å². The minimum Gasteiger partial charge on any atom is -0.382 e. The van der Waals surface area contributed by atoms with Crippen molar-refractivity contribution in [3.8, 4) is 11.4 Å². The number of aromatic nitrogens is 3. The van der Waals surface area contributed by atoms with Crippen LogP contribution in [0, 0.1) is 0 Å². The molecule has 0 saturated carbocycles. The standard InChI is InChI=1S/C18H17N5S/c1-3-5-14(24-2)12-7-4-6-11-8-13(22-15(11)12)16-17-18(19)21-10-23(17)9-20-16/h3-9,22H,1,10H2,2H3,(H2,19,21)/b14-5-. The van der Waals surface area contributed by atoms with Gasteiger partial charge in [-0.3, -0.25) is 0 Å². The lowest BCUT2D eigenvalue weighted by molar-refractivity contribution is 0.759. The lowest BCUT2D eigenvalue weighted by Crippen LogP contribution is -2.12. The Morgan fingerprint density at radius 3 is 3.12 bits per heavy atom. The molecule has 0 saturated heterocycles. The number of fused-ring (bicyclic) bond motifs is 2. The highest BCUT2D eigenvalue weighted by Gasteiger charge is 2.21. The maximum Gasteiger partial charge on any atom is 0.146 e. The Bertz CT molecular complexity index is 1010. The van der Waals surface area contributed by atoms with Crippen LogP contribution in [-0.4, -0.2) is 26.6 Å². The zero-order valence-electron chi connectivity index (χ0n) is 13.3. The number of aromatic amines is 1. The van der Waals surface area contributed by atoms with Crippen LogP contribution >= 0.6 is 11.8 Å². The summed E-state index contributed by atoms with van der Waals surface area (Å²) in [7, 11) is 0. The van der Waals surface area contributed by atoms with Crippen LogP contribution in [0.2, 0.25) is 0 Å². The molecular weight excluding hydrogens is 318 g/mol. The van der Waals surface area contributed by atoms with Crippen molar-refractivity contribution in [2.45, 2.75) is 6.67 Å². The molecule has 0 bridgehead atoms. The summed E-state index contributed by atoms with van der Waals surface area (Å²) in [4.78, 5) is 13.5. The molecule has 3 aromatic rings. The van der Waals surface area contributed by atoms with Gasteiger partial charge in [0, 0.05) is 15.9 Å². The summed E-state index contributed by atoms with van der Waals surface area (Å²) in [6, 6.07) is 8.38. The van der Waals surface area contributed by atoms with E-state index in [0.29, 0.717) is 12.5 Å². The Balaban J connectivity index is 1.90. The predicted molar refractivity (Wildman–Crippen MR) is 102 cm³/mol. The lowest BCUT2D eigenvalue weighted by atomic mass is 10.1. The van der Waals surface area contributed by atoms with Crippen LogP contribution in [0.4, 0.5) is 0 Å². The average molecular weight is 335 g/mol. The van der Waals surface area contributed by atoms with Gasteiger partial charge in [-0.25, -0.2) is 9.98 Å². The number of nitrogens with one attached hydrogen (secondary N) is 1. The van der Waals surface area contributed by atoms with Gasteiger partial charge in [0.15, 0.2) is 0 Å². The van der Waals surface area contributed by atoms with Crippen LogP contribution < -0.4 is 5.73 Å². The molecular formula is C18H17N5S. The monoisotopic (exact) mass is 335 g/mol. The lowest BCUT2D eigenvalue weighted by Gasteiger charge is -2.05. The van der Waals surface area contributed by atoms with Crippen molar-refractivity contribution >= 4 is 33.4 Å². The topological polar surface area (TPSA) is 72.0 Å². The smallest absolute Gasteiger partial charge is 0.146 e. The zero-order chi connectivity index (χ0) is 16.7. The Labute approximate surface area is 144 Å². The molecule has 0 aliphatic carbocycles. The first-order chi connectivity index (χ1) is 11.7. The highest BCUT2D eigenvalue weighted by molar-refractivity contribution is 8.07. The summed E-state index contributed by atoms with van der Waals surface area (Å²) in [6.45, 7) is 4.35. The van der Waals surface area contributed by atoms with Gasteiger partial charge in [0.1, 0.15) is 23.9 Å². The second-order valence-corrected chi connectivity index (χ2v) is 6.37. The number of nitrogens with zero attached hydrogens (tertiary/aromatic N) is 3. The highest BCUT2D eigenvalue weighted by Crippen LogP contribution is 2.34. The van der Waals surface area contributed by atoms with Crippen molar-refractivity contribution in [1.29, 1.82) is 0 Å². The molecule has 5 nitrogen and oxygen atoms in total. The minimum atomic E-state index is 0.540. The number of para-hydroxylation sites is 1. The first-order valence-electron chi connectivity index (χ1n) is 7.57. The first-order valence-corrected chi connectivity index (χ1v) is 8.80. The van der Waals surface area contributed by atoms with Crippen LogP contribution in [-0.2, 0) is 6.67 Å². The maximum atomic E-state index is 6.01. The summed E-state index contributed by atoms with van der Waals surface area (Å²) in [5.74, 6) is 0.540. The van der Waals surface area contributed by atoms with E-state index in [4.69, 9.17) is 5.73 Å². The number of amidine groups is 1. The number of allylic oxidation sites excluding steroid dienone is 2. The van der Waals surface area contributed by atoms with Gasteiger partial charge in [0.2, 0.25) is 0 Å². The molecule has 2 aromatic heterocycles. The number of hydrogen-bond donors (Lipinski definition) is 2. The van der Waals surface area contributed by atoms with Crippen LogP contribution in [0.5, 0.6) is 0 Å². The number of thioether (sulfide) groups is 1. The third-order valence-corrected chi connectivity index (χ3v) is 4.94. The molecule has 0 radical (unpaired) electrons. The first kappa shape index (κ1) is 14.8. The van der Waals surface area contributed by atoms with E-state index in [0.717, 1.165) is 33.5 Å². The number of H-pyrrole nitrogens is 1. The van der Waals surface area contributed by atoms with Gasteiger partial charge >= 0.3 is 0 Å². The van der Waals surface area contributed by atoms with Gasteiger partial charge in [-0.15, -0.1) is 11.8 Å². The number of aliphatic imine (C=N–C) groups is 1. The van der Waals surface area contributed by atoms with E-state index >= 15 is 0 Å². The molecule has 1 aromatic carbocycles. The van der Waals surface area contributed by atoms with Gasteiger partial charge in [-0.2, -0.15) is 0 Å². The summed E-state index contributed by atoms with van der Waals surface area (Å²) in [5, 5.41) is 1.14. The van der Waals surface area contributed by atoms with Crippen LogP contribution in [0.25, 0.3) is 27.2 Å². The van der Waals surface area contributed by atoms with Crippen LogP contribution in [0.15, 0.2) is 54.3 Å². The third kappa shape index (κ3) is 2.18. The average Bonchev–Trinajstić information content (AvgIpc) is 3.28. The number of benzene rings is 1. The molecule has 0 atom stereocenters. The molecule has 1 aliphatic heterocycles. The Morgan fingerprint density at radius 2 is 2.33 bits per heavy atom. The van der Waals surface area contributed by atoms with Crippen molar-refractivity contribution in [1.82, 2.24) is 14.5 Å². The zero-order valence-corrected chi connectivity index (χ0v) is 14.1. The van der Waals surface area contributed by atoms with Gasteiger partial charge in [0.05, 0.1) is 17.5 Å². The second kappa shape index (κ2) is 5.72. The minimum absolute atomic E-state index is 0.540. The van der Waals surface area contributed by atoms with Crippen molar-refractivity contribution in [2.24, 2.45) is 10.7 Å². The molecule has 0 fully saturated rings. The summed E-state index contributed by atoms with van der Waals surface area (Å²) < 4.78 is 1.96. The number of nitrogens with two attached hydrogens (primary N) is 1. The summed E-state index contributed by atoms with van der Waals surface area (Å²) >= 11 is 1.70. The van der Waals surface area contributed by atoms with Crippen molar-refractivity contribution in [3.05, 3.63) is 60.6 Å². The number of imidazole rings is 1. The molecule has 3 heterocycles. The molecule has 0 amide bonds. The van der Waals surface area contributed by atoms with E-state index in [1.807, 2.05) is 16.7 Å². The number of hydrogen-bond acceptors (Lipinski definition) is 4. The summed E-state index contributed by atoms with van der Waals surface area (Å²) in [6.07, 6.45) is 7.69. The third-order valence-electron chi connectivity index (χ3n) is 4.14. The molecule has 0 unspecified atom stereocenters. The van der Waals surface area contributed by atoms with Crippen LogP contribution in [0.1, 0.15) is 11.3 Å². The maximum absolute atomic E-state index is 6.01. The van der Waals surface area contributed by atoms with Crippen molar-refractivity contribution in [2.75, 3.05) is 6.26 Å². The van der Waals surface area contributed by atoms with Gasteiger partial charge in [0.25, 0.3) is 0 Å². The van der Waals surface area contributed by atoms with Gasteiger partial charge < -0.3 is 15.3 Å². The molecule has 6 heteroatoms. The van der Waals surface area contributed by atoms with Gasteiger partial charge in [-0.1, -0.05) is 30.9 Å². The molecule has 4 rings (SSSR count). The van der Waals surface area contributed by atoms with E-state index < -0.39 is 0 Å². The predicted octanol–water partition coefficient (Wildman–Crippen LogP) is 3.60. The Kier molecular flexibility index (Phi) is 3.54. The van der Waals surface area contributed by atoms with E-state index in [2.05, 4.69) is 52.1 Å². The fourth-order valence-corrected chi connectivity index (χ4v) is 3.67. The normalized spacial score (nSPS) is 14.0. The fourth-order valence-electron chi connectivity index (χ4n) is 3.05. The SMILES string of the molecule is C=C/C=C(\SC)c1cccc2cc(-c3ncn4c3C(N)=NC4)[nH]c12. The Hall–Kier alpha value is -2.73. The van der Waals surface area contributed by atoms with E-state index in [1.54, 1.807) is 18.1 Å². The van der Waals surface area contributed by atoms with Crippen molar-refractivity contribution < 1.29 is 0 Å². The van der Waals surface area contributed by atoms with Gasteiger partial charge in [-0.05, 0) is 18.4 Å². The molecule has 1 aliphatic rings. The van der Waals surface area contributed by atoms with E-state index in [-0.39, 0.29) is 0 Å². The van der Waals surface area contributed by atoms with E-state index in [9.17, 15) is 0 Å². The number of rotatable bonds is 4. The highest BCUT2D eigenvalue weighted by atomic mass is 32.2. The molecule has 3 N–H and O–H groups in total.